The number of carbonyl (C=O) groups is 1. The van der Waals surface area contributed by atoms with Gasteiger partial charge in [-0.25, -0.2) is 0 Å². The first-order valence-electron chi connectivity index (χ1n) is 4.43. The van der Waals surface area contributed by atoms with Crippen LogP contribution in [0.4, 0.5) is 0 Å². The van der Waals surface area contributed by atoms with Gasteiger partial charge in [0.1, 0.15) is 0 Å². The summed E-state index contributed by atoms with van der Waals surface area (Å²) in [5, 5.41) is 19.1. The summed E-state index contributed by atoms with van der Waals surface area (Å²) in [5.41, 5.74) is -0.630. The molecule has 0 aliphatic heterocycles. The Labute approximate surface area is 96.5 Å². The van der Waals surface area contributed by atoms with Crippen molar-refractivity contribution in [2.24, 2.45) is 0 Å². The van der Waals surface area contributed by atoms with Crippen molar-refractivity contribution in [1.82, 2.24) is 15.5 Å². The Morgan fingerprint density at radius 2 is 2.33 bits per heavy atom. The summed E-state index contributed by atoms with van der Waals surface area (Å²) in [6.45, 7) is 3.51. The second-order valence-electron chi connectivity index (χ2n) is 3.39. The summed E-state index contributed by atoms with van der Waals surface area (Å²) < 4.78 is 0.224. The largest absolute Gasteiger partial charge is 0.394 e. The van der Waals surface area contributed by atoms with Crippen molar-refractivity contribution in [1.29, 1.82) is 0 Å². The maximum Gasteiger partial charge on any atom is 0.282 e. The summed E-state index contributed by atoms with van der Waals surface area (Å²) in [7, 11) is 0. The highest BCUT2D eigenvalue weighted by molar-refractivity contribution is 7.17. The van der Waals surface area contributed by atoms with E-state index in [-0.39, 0.29) is 22.0 Å². The summed E-state index contributed by atoms with van der Waals surface area (Å²) in [6.07, 6.45) is 0.627. The van der Waals surface area contributed by atoms with E-state index in [0.29, 0.717) is 6.42 Å². The number of aromatic nitrogens is 2. The molecule has 1 aromatic heterocycles. The lowest BCUT2D eigenvalue weighted by molar-refractivity contribution is 0.0846. The predicted octanol–water partition coefficient (Wildman–Crippen LogP) is 1.08. The molecule has 1 heterocycles. The van der Waals surface area contributed by atoms with Crippen LogP contribution in [0.3, 0.4) is 0 Å². The fourth-order valence-corrected chi connectivity index (χ4v) is 1.59. The van der Waals surface area contributed by atoms with E-state index in [1.54, 1.807) is 6.92 Å². The van der Waals surface area contributed by atoms with Crippen LogP contribution in [-0.4, -0.2) is 33.4 Å². The van der Waals surface area contributed by atoms with Gasteiger partial charge in [-0.15, -0.1) is 10.2 Å². The molecule has 1 aromatic rings. The molecule has 0 spiro atoms. The molecular weight excluding hydrogens is 238 g/mol. The van der Waals surface area contributed by atoms with Crippen LogP contribution in [-0.2, 0) is 0 Å². The third-order valence-corrected chi connectivity index (χ3v) is 3.16. The van der Waals surface area contributed by atoms with Gasteiger partial charge in [0.25, 0.3) is 5.91 Å². The molecule has 1 rings (SSSR count). The Balaban J connectivity index is 2.71. The standard InChI is InChI=1S/C8H12ClN3O2S/c1-3-8(2,4-13)10-5(14)6-11-12-7(9)15-6/h13H,3-4H2,1-2H3,(H,10,14). The van der Waals surface area contributed by atoms with Crippen LogP contribution < -0.4 is 5.32 Å². The molecular formula is C8H12ClN3O2S. The molecule has 7 heteroatoms. The van der Waals surface area contributed by atoms with E-state index in [4.69, 9.17) is 16.7 Å². The molecule has 0 radical (unpaired) electrons. The normalized spacial score (nSPS) is 14.7. The van der Waals surface area contributed by atoms with E-state index >= 15 is 0 Å². The predicted molar refractivity (Wildman–Crippen MR) is 58.2 cm³/mol. The zero-order valence-corrected chi connectivity index (χ0v) is 10.0. The first kappa shape index (κ1) is 12.4. The molecule has 5 nitrogen and oxygen atoms in total. The average molecular weight is 250 g/mol. The number of aliphatic hydroxyl groups excluding tert-OH is 1. The maximum atomic E-state index is 11.6. The lowest BCUT2D eigenvalue weighted by Gasteiger charge is -2.26. The zero-order valence-electron chi connectivity index (χ0n) is 8.45. The Kier molecular flexibility index (Phi) is 4.01. The van der Waals surface area contributed by atoms with Crippen LogP contribution in [0, 0.1) is 0 Å². The van der Waals surface area contributed by atoms with Gasteiger partial charge in [-0.2, -0.15) is 0 Å². The monoisotopic (exact) mass is 249 g/mol. The summed E-state index contributed by atoms with van der Waals surface area (Å²) in [4.78, 5) is 11.6. The number of rotatable bonds is 4. The lowest BCUT2D eigenvalue weighted by Crippen LogP contribution is -2.48. The third-order valence-electron chi connectivity index (χ3n) is 2.14. The second-order valence-corrected chi connectivity index (χ2v) is 4.95. The van der Waals surface area contributed by atoms with Gasteiger partial charge in [-0.05, 0) is 24.9 Å². The van der Waals surface area contributed by atoms with Crippen molar-refractivity contribution < 1.29 is 9.90 Å². The Bertz CT molecular complexity index is 351. The molecule has 0 aromatic carbocycles. The van der Waals surface area contributed by atoms with Gasteiger partial charge in [-0.1, -0.05) is 18.3 Å². The van der Waals surface area contributed by atoms with E-state index in [1.807, 2.05) is 6.92 Å². The number of hydrogen-bond donors (Lipinski definition) is 2. The molecule has 0 aliphatic rings. The van der Waals surface area contributed by atoms with Gasteiger partial charge in [0.05, 0.1) is 12.1 Å². The van der Waals surface area contributed by atoms with Crippen molar-refractivity contribution in [3.63, 3.8) is 0 Å². The van der Waals surface area contributed by atoms with Gasteiger partial charge in [-0.3, -0.25) is 4.79 Å². The van der Waals surface area contributed by atoms with Crippen molar-refractivity contribution >= 4 is 28.8 Å². The van der Waals surface area contributed by atoms with Gasteiger partial charge < -0.3 is 10.4 Å². The van der Waals surface area contributed by atoms with Crippen molar-refractivity contribution in [3.8, 4) is 0 Å². The number of hydrogen-bond acceptors (Lipinski definition) is 5. The van der Waals surface area contributed by atoms with Crippen molar-refractivity contribution in [2.75, 3.05) is 6.61 Å². The quantitative estimate of drug-likeness (QED) is 0.838. The SMILES string of the molecule is CCC(C)(CO)NC(=O)c1nnc(Cl)s1. The Hall–Kier alpha value is -0.720. The number of halogens is 1. The molecule has 1 amide bonds. The van der Waals surface area contributed by atoms with Crippen LogP contribution in [0.1, 0.15) is 30.1 Å². The topological polar surface area (TPSA) is 75.1 Å². The molecule has 0 aliphatic carbocycles. The molecule has 15 heavy (non-hydrogen) atoms. The van der Waals surface area contributed by atoms with Crippen LogP contribution in [0.15, 0.2) is 0 Å². The third kappa shape index (κ3) is 3.12. The highest BCUT2D eigenvalue weighted by Crippen LogP contribution is 2.16. The average Bonchev–Trinajstić information content (AvgIpc) is 2.65. The summed E-state index contributed by atoms with van der Waals surface area (Å²) >= 11 is 6.57. The number of nitrogens with one attached hydrogen (secondary N) is 1. The summed E-state index contributed by atoms with van der Waals surface area (Å²) in [5.74, 6) is -0.363. The second kappa shape index (κ2) is 4.87. The minimum atomic E-state index is -0.630. The molecule has 84 valence electrons. The Morgan fingerprint density at radius 3 is 2.73 bits per heavy atom. The fourth-order valence-electron chi connectivity index (χ4n) is 0.864. The molecule has 1 unspecified atom stereocenters. The summed E-state index contributed by atoms with van der Waals surface area (Å²) in [6, 6.07) is 0. The van der Waals surface area contributed by atoms with Gasteiger partial charge >= 0.3 is 0 Å². The number of amides is 1. The smallest absolute Gasteiger partial charge is 0.282 e. The van der Waals surface area contributed by atoms with E-state index in [1.165, 1.54) is 0 Å². The molecule has 0 saturated heterocycles. The van der Waals surface area contributed by atoms with Crippen LogP contribution in [0.2, 0.25) is 4.47 Å². The highest BCUT2D eigenvalue weighted by atomic mass is 35.5. The number of aliphatic hydroxyl groups is 1. The van der Waals surface area contributed by atoms with E-state index in [9.17, 15) is 4.79 Å². The minimum Gasteiger partial charge on any atom is -0.394 e. The number of nitrogens with zero attached hydrogens (tertiary/aromatic N) is 2. The zero-order chi connectivity index (χ0) is 11.5. The van der Waals surface area contributed by atoms with Crippen LogP contribution in [0.5, 0.6) is 0 Å². The van der Waals surface area contributed by atoms with E-state index < -0.39 is 5.54 Å². The molecule has 0 bridgehead atoms. The fraction of sp³-hybridized carbons (Fsp3) is 0.625. The first-order chi connectivity index (χ1) is 7.00. The molecule has 0 saturated carbocycles. The van der Waals surface area contributed by atoms with Gasteiger partial charge in [0, 0.05) is 0 Å². The van der Waals surface area contributed by atoms with Crippen molar-refractivity contribution in [3.05, 3.63) is 9.47 Å². The minimum absolute atomic E-state index is 0.123. The Morgan fingerprint density at radius 1 is 1.67 bits per heavy atom. The maximum absolute atomic E-state index is 11.6. The molecule has 0 fully saturated rings. The molecule has 1 atom stereocenters. The van der Waals surface area contributed by atoms with Crippen molar-refractivity contribution in [2.45, 2.75) is 25.8 Å². The van der Waals surface area contributed by atoms with E-state index in [0.717, 1.165) is 11.3 Å². The van der Waals surface area contributed by atoms with Crippen LogP contribution in [0.25, 0.3) is 0 Å². The highest BCUT2D eigenvalue weighted by Gasteiger charge is 2.25. The van der Waals surface area contributed by atoms with Gasteiger partial charge in [0.2, 0.25) is 9.47 Å². The molecule has 2 N–H and O–H groups in total. The number of carbonyl (C=O) groups excluding carboxylic acids is 1. The van der Waals surface area contributed by atoms with E-state index in [2.05, 4.69) is 15.5 Å². The van der Waals surface area contributed by atoms with Crippen LogP contribution >= 0.6 is 22.9 Å². The lowest BCUT2D eigenvalue weighted by atomic mass is 10.0. The van der Waals surface area contributed by atoms with Gasteiger partial charge in [0.15, 0.2) is 0 Å². The first-order valence-corrected chi connectivity index (χ1v) is 5.62.